The number of ether oxygens (including phenoxy) is 2. The highest BCUT2D eigenvalue weighted by Crippen LogP contribution is 2.13. The van der Waals surface area contributed by atoms with Crippen LogP contribution in [0.25, 0.3) is 0 Å². The van der Waals surface area contributed by atoms with E-state index in [1.807, 2.05) is 30.3 Å². The quantitative estimate of drug-likeness (QED) is 0.702. The highest BCUT2D eigenvalue weighted by Gasteiger charge is 2.09. The molecular weight excluding hydrogens is 296 g/mol. The number of benzene rings is 1. The molecule has 0 atom stereocenters. The molecule has 124 valence electrons. The molecule has 0 unspecified atom stereocenters. The van der Waals surface area contributed by atoms with Crippen molar-refractivity contribution < 1.29 is 14.3 Å². The Morgan fingerprint density at radius 1 is 1.09 bits per heavy atom. The molecule has 0 saturated heterocycles. The lowest BCUT2D eigenvalue weighted by Crippen LogP contribution is -2.23. The summed E-state index contributed by atoms with van der Waals surface area (Å²) in [4.78, 5) is 17.6. The first kappa shape index (κ1) is 17.1. The van der Waals surface area contributed by atoms with E-state index < -0.39 is 0 Å². The van der Waals surface area contributed by atoms with Crippen molar-refractivity contribution in [1.29, 1.82) is 0 Å². The van der Waals surface area contributed by atoms with Crippen LogP contribution in [0.4, 0.5) is 0 Å². The van der Waals surface area contributed by atoms with Crippen molar-refractivity contribution in [3.8, 4) is 5.75 Å². The molecule has 2 aromatic rings. The van der Waals surface area contributed by atoms with Crippen molar-refractivity contribution in [3.63, 3.8) is 0 Å². The number of nitrogens with zero attached hydrogens (tertiary/aromatic N) is 1. The van der Waals surface area contributed by atoms with Crippen molar-refractivity contribution in [2.45, 2.75) is 13.5 Å². The van der Waals surface area contributed by atoms with E-state index in [1.165, 1.54) is 10.8 Å². The van der Waals surface area contributed by atoms with Gasteiger partial charge in [-0.2, -0.15) is 4.73 Å². The number of rotatable bonds is 9. The minimum Gasteiger partial charge on any atom is -0.483 e. The van der Waals surface area contributed by atoms with E-state index in [9.17, 15) is 4.79 Å². The number of hydrogen-bond acceptors (Lipinski definition) is 5. The van der Waals surface area contributed by atoms with Gasteiger partial charge in [0.2, 0.25) is 5.43 Å². The van der Waals surface area contributed by atoms with E-state index in [1.54, 1.807) is 13.1 Å². The maximum Gasteiger partial charge on any atom is 0.223 e. The smallest absolute Gasteiger partial charge is 0.223 e. The summed E-state index contributed by atoms with van der Waals surface area (Å²) < 4.78 is 12.4. The molecule has 0 radical (unpaired) electrons. The molecule has 6 nitrogen and oxygen atoms in total. The molecular formula is C17H22N2O4. The summed E-state index contributed by atoms with van der Waals surface area (Å²) in [6.45, 7) is 3.89. The number of aromatic nitrogens is 1. The summed E-state index contributed by atoms with van der Waals surface area (Å²) in [6, 6.07) is 11.1. The molecule has 0 saturated carbocycles. The summed E-state index contributed by atoms with van der Waals surface area (Å²) >= 11 is 0. The van der Waals surface area contributed by atoms with Crippen LogP contribution < -0.4 is 20.7 Å². The fourth-order valence-corrected chi connectivity index (χ4v) is 2.03. The van der Waals surface area contributed by atoms with Gasteiger partial charge in [-0.15, -0.1) is 0 Å². The summed E-state index contributed by atoms with van der Waals surface area (Å²) in [7, 11) is 0. The zero-order valence-electron chi connectivity index (χ0n) is 13.2. The van der Waals surface area contributed by atoms with E-state index in [0.717, 1.165) is 5.56 Å². The molecule has 2 rings (SSSR count). The Kier molecular flexibility index (Phi) is 6.65. The van der Waals surface area contributed by atoms with Crippen LogP contribution in [-0.2, 0) is 11.3 Å². The van der Waals surface area contributed by atoms with E-state index in [2.05, 4.69) is 0 Å². The van der Waals surface area contributed by atoms with Crippen LogP contribution in [0.3, 0.4) is 0 Å². The maximum atomic E-state index is 12.0. The summed E-state index contributed by atoms with van der Waals surface area (Å²) in [6.07, 6.45) is 1.58. The van der Waals surface area contributed by atoms with Crippen LogP contribution in [-0.4, -0.2) is 31.1 Å². The number of nitrogens with two attached hydrogens (primary N) is 1. The van der Waals surface area contributed by atoms with Gasteiger partial charge < -0.3 is 20.0 Å². The van der Waals surface area contributed by atoms with Gasteiger partial charge in [-0.05, 0) is 12.5 Å². The van der Waals surface area contributed by atoms with E-state index >= 15 is 0 Å². The zero-order valence-corrected chi connectivity index (χ0v) is 13.2. The van der Waals surface area contributed by atoms with Crippen molar-refractivity contribution in [2.24, 2.45) is 5.73 Å². The molecule has 0 aliphatic rings. The lowest BCUT2D eigenvalue weighted by Gasteiger charge is -2.15. The fraction of sp³-hybridized carbons (Fsp3) is 0.353. The highest BCUT2D eigenvalue weighted by molar-refractivity contribution is 5.27. The molecule has 23 heavy (non-hydrogen) atoms. The minimum absolute atomic E-state index is 0.169. The highest BCUT2D eigenvalue weighted by atomic mass is 16.7. The lowest BCUT2D eigenvalue weighted by atomic mass is 10.2. The first-order valence-electron chi connectivity index (χ1n) is 7.52. The second kappa shape index (κ2) is 8.97. The van der Waals surface area contributed by atoms with Crippen molar-refractivity contribution in [2.75, 3.05) is 26.4 Å². The molecule has 2 N–H and O–H groups in total. The van der Waals surface area contributed by atoms with Crippen LogP contribution in [0.15, 0.2) is 47.4 Å². The zero-order chi connectivity index (χ0) is 16.5. The molecule has 0 fully saturated rings. The van der Waals surface area contributed by atoms with Gasteiger partial charge in [0, 0.05) is 18.8 Å². The Morgan fingerprint density at radius 3 is 2.61 bits per heavy atom. The van der Waals surface area contributed by atoms with Crippen LogP contribution in [0, 0.1) is 6.92 Å². The summed E-state index contributed by atoms with van der Waals surface area (Å²) in [5.74, 6) is 0.291. The van der Waals surface area contributed by atoms with Gasteiger partial charge >= 0.3 is 0 Å². The Balaban J connectivity index is 1.99. The van der Waals surface area contributed by atoms with Crippen LogP contribution >= 0.6 is 0 Å². The fourth-order valence-electron chi connectivity index (χ4n) is 2.03. The molecule has 0 bridgehead atoms. The Hall–Kier alpha value is -2.31. The average Bonchev–Trinajstić information content (AvgIpc) is 2.57. The predicted octanol–water partition coefficient (Wildman–Crippen LogP) is 1.14. The second-order valence-corrected chi connectivity index (χ2v) is 4.93. The lowest BCUT2D eigenvalue weighted by molar-refractivity contribution is 0.0367. The SMILES string of the molecule is Cc1c(OCc2ccccc2)c(=O)ccn1OCCOCCN. The molecule has 1 aromatic carbocycles. The molecule has 1 aromatic heterocycles. The van der Waals surface area contributed by atoms with Crippen molar-refractivity contribution >= 4 is 0 Å². The molecule has 0 spiro atoms. The third-order valence-corrected chi connectivity index (χ3v) is 3.19. The first-order chi connectivity index (χ1) is 11.2. The molecule has 6 heteroatoms. The Bertz CT molecular complexity index is 655. The van der Waals surface area contributed by atoms with Gasteiger partial charge in [0.05, 0.1) is 18.9 Å². The van der Waals surface area contributed by atoms with Crippen LogP contribution in [0.2, 0.25) is 0 Å². The van der Waals surface area contributed by atoms with Crippen LogP contribution in [0.1, 0.15) is 11.3 Å². The topological polar surface area (TPSA) is 75.7 Å². The van der Waals surface area contributed by atoms with E-state index in [4.69, 9.17) is 20.0 Å². The third-order valence-electron chi connectivity index (χ3n) is 3.19. The monoisotopic (exact) mass is 318 g/mol. The van der Waals surface area contributed by atoms with Gasteiger partial charge in [0.15, 0.2) is 5.75 Å². The number of hydrogen-bond donors (Lipinski definition) is 1. The standard InChI is InChI=1S/C17H22N2O4/c1-14-17(22-13-15-5-3-2-4-6-15)16(20)7-9-19(14)23-12-11-21-10-8-18/h2-7,9H,8,10-13,18H2,1H3. The average molecular weight is 318 g/mol. The molecule has 1 heterocycles. The van der Waals surface area contributed by atoms with Crippen molar-refractivity contribution in [3.05, 3.63) is 64.1 Å². The molecule has 0 amide bonds. The van der Waals surface area contributed by atoms with Gasteiger partial charge in [-0.3, -0.25) is 4.79 Å². The summed E-state index contributed by atoms with van der Waals surface area (Å²) in [5.41, 5.74) is 6.79. The summed E-state index contributed by atoms with van der Waals surface area (Å²) in [5, 5.41) is 0. The third kappa shape index (κ3) is 5.12. The molecule has 0 aliphatic carbocycles. The van der Waals surface area contributed by atoms with Gasteiger partial charge in [0.1, 0.15) is 13.2 Å². The second-order valence-electron chi connectivity index (χ2n) is 4.93. The first-order valence-corrected chi connectivity index (χ1v) is 7.52. The maximum absolute atomic E-state index is 12.0. The van der Waals surface area contributed by atoms with E-state index in [-0.39, 0.29) is 5.43 Å². The van der Waals surface area contributed by atoms with E-state index in [0.29, 0.717) is 44.4 Å². The molecule has 0 aliphatic heterocycles. The Labute approximate surface area is 135 Å². The van der Waals surface area contributed by atoms with Gasteiger partial charge in [0.25, 0.3) is 0 Å². The Morgan fingerprint density at radius 2 is 1.87 bits per heavy atom. The predicted molar refractivity (Wildman–Crippen MR) is 87.5 cm³/mol. The minimum atomic E-state index is -0.169. The van der Waals surface area contributed by atoms with Gasteiger partial charge in [-0.25, -0.2) is 0 Å². The largest absolute Gasteiger partial charge is 0.483 e. The number of pyridine rings is 1. The van der Waals surface area contributed by atoms with Crippen molar-refractivity contribution in [1.82, 2.24) is 4.73 Å². The van der Waals surface area contributed by atoms with Crippen LogP contribution in [0.5, 0.6) is 5.75 Å². The normalized spacial score (nSPS) is 10.5. The van der Waals surface area contributed by atoms with Gasteiger partial charge in [-0.1, -0.05) is 30.3 Å².